The maximum absolute atomic E-state index is 14.5. The smallest absolute Gasteiger partial charge is 0.315 e. The number of nitrogens with one attached hydrogen (secondary N) is 1. The summed E-state index contributed by atoms with van der Waals surface area (Å²) in [5.74, 6) is -4.35. The Morgan fingerprint density at radius 3 is 1.43 bits per heavy atom. The first-order valence-corrected chi connectivity index (χ1v) is 19.5. The number of ketones is 2. The van der Waals surface area contributed by atoms with Crippen molar-refractivity contribution >= 4 is 72.1 Å². The SMILES string of the molecule is CS(=O)(=O)N(Cc1ccc(C(=O)CN)cc1F)c1ccccc1Cl.CS(=O)(=O)N(Cc1ccc(C(=O)CNC(=O)C(F)F)cc1F)c1ccccc1Cl. The van der Waals surface area contributed by atoms with Gasteiger partial charge in [0.15, 0.2) is 11.6 Å². The molecule has 11 nitrogen and oxygen atoms in total. The molecule has 0 fully saturated rings. The van der Waals surface area contributed by atoms with Crippen LogP contribution in [0.2, 0.25) is 10.0 Å². The number of nitrogens with two attached hydrogens (primary N) is 1. The molecule has 53 heavy (non-hydrogen) atoms. The van der Waals surface area contributed by atoms with Crippen LogP contribution in [0.15, 0.2) is 84.9 Å². The largest absolute Gasteiger partial charge is 0.344 e. The number of halogens is 6. The van der Waals surface area contributed by atoms with Gasteiger partial charge in [0, 0.05) is 22.3 Å². The Balaban J connectivity index is 0.000000290. The second kappa shape index (κ2) is 18.5. The van der Waals surface area contributed by atoms with Gasteiger partial charge in [0.1, 0.15) is 11.6 Å². The highest BCUT2D eigenvalue weighted by molar-refractivity contribution is 7.92. The van der Waals surface area contributed by atoms with Gasteiger partial charge < -0.3 is 11.1 Å². The summed E-state index contributed by atoms with van der Waals surface area (Å²) in [6.45, 7) is -1.58. The van der Waals surface area contributed by atoms with Gasteiger partial charge in [-0.1, -0.05) is 71.7 Å². The van der Waals surface area contributed by atoms with E-state index < -0.39 is 62.1 Å². The number of para-hydroxylation sites is 2. The van der Waals surface area contributed by atoms with Crippen molar-refractivity contribution in [3.8, 4) is 0 Å². The predicted molar refractivity (Wildman–Crippen MR) is 194 cm³/mol. The number of sulfonamides is 2. The van der Waals surface area contributed by atoms with Crippen molar-refractivity contribution in [3.63, 3.8) is 0 Å². The van der Waals surface area contributed by atoms with Crippen LogP contribution in [0.3, 0.4) is 0 Å². The summed E-state index contributed by atoms with van der Waals surface area (Å²) in [6, 6.07) is 19.6. The van der Waals surface area contributed by atoms with Crippen molar-refractivity contribution in [1.82, 2.24) is 5.32 Å². The molecule has 0 aliphatic heterocycles. The van der Waals surface area contributed by atoms with Crippen LogP contribution in [-0.2, 0) is 37.9 Å². The van der Waals surface area contributed by atoms with Crippen LogP contribution in [0.1, 0.15) is 31.8 Å². The molecule has 0 atom stereocenters. The van der Waals surface area contributed by atoms with E-state index in [0.29, 0.717) is 0 Å². The minimum atomic E-state index is -3.81. The molecule has 0 saturated heterocycles. The van der Waals surface area contributed by atoms with Gasteiger partial charge in [0.25, 0.3) is 5.91 Å². The first-order valence-electron chi connectivity index (χ1n) is 15.1. The number of nitrogens with zero attached hydrogens (tertiary/aromatic N) is 2. The lowest BCUT2D eigenvalue weighted by molar-refractivity contribution is -0.131. The lowest BCUT2D eigenvalue weighted by atomic mass is 10.1. The van der Waals surface area contributed by atoms with Crippen LogP contribution in [0.25, 0.3) is 0 Å². The van der Waals surface area contributed by atoms with E-state index in [0.717, 1.165) is 33.3 Å². The fourth-order valence-corrected chi connectivity index (χ4v) is 6.90. The van der Waals surface area contributed by atoms with E-state index in [-0.39, 0.29) is 63.3 Å². The summed E-state index contributed by atoms with van der Waals surface area (Å²) in [4.78, 5) is 34.3. The molecular weight excluding hydrogens is 787 g/mol. The van der Waals surface area contributed by atoms with Crippen molar-refractivity contribution in [1.29, 1.82) is 0 Å². The summed E-state index contributed by atoms with van der Waals surface area (Å²) in [5.41, 5.74) is 5.72. The summed E-state index contributed by atoms with van der Waals surface area (Å²) >= 11 is 12.1. The monoisotopic (exact) mass is 818 g/mol. The summed E-state index contributed by atoms with van der Waals surface area (Å²) in [5, 5.41) is 2.12. The van der Waals surface area contributed by atoms with Crippen LogP contribution in [0, 0.1) is 11.6 Å². The molecule has 0 aromatic heterocycles. The first-order chi connectivity index (χ1) is 24.7. The van der Waals surface area contributed by atoms with Gasteiger partial charge in [0.05, 0.1) is 60.1 Å². The van der Waals surface area contributed by atoms with Crippen LogP contribution < -0.4 is 19.7 Å². The second-order valence-corrected chi connectivity index (χ2v) is 15.8. The third kappa shape index (κ3) is 12.0. The summed E-state index contributed by atoms with van der Waals surface area (Å²) in [7, 11) is -7.50. The third-order valence-corrected chi connectivity index (χ3v) is 10.1. The topological polar surface area (TPSA) is 164 Å². The van der Waals surface area contributed by atoms with Gasteiger partial charge in [0.2, 0.25) is 20.0 Å². The van der Waals surface area contributed by atoms with Crippen LogP contribution in [0.4, 0.5) is 28.9 Å². The Kier molecular flexibility index (Phi) is 14.9. The average Bonchev–Trinajstić information content (AvgIpc) is 3.09. The fourth-order valence-electron chi connectivity index (χ4n) is 4.54. The molecule has 0 heterocycles. The number of anilines is 2. The fraction of sp³-hybridized carbons (Fsp3) is 0.206. The van der Waals surface area contributed by atoms with Crippen molar-refractivity contribution < 1.29 is 48.8 Å². The number of hydrogen-bond donors (Lipinski definition) is 2. The molecule has 3 N–H and O–H groups in total. The molecule has 0 aliphatic rings. The highest BCUT2D eigenvalue weighted by atomic mass is 35.5. The van der Waals surface area contributed by atoms with Gasteiger partial charge in [-0.05, 0) is 36.4 Å². The molecule has 0 unspecified atom stereocenters. The Hall–Kier alpha value is -4.55. The number of benzene rings is 4. The zero-order valence-electron chi connectivity index (χ0n) is 27.9. The maximum Gasteiger partial charge on any atom is 0.315 e. The molecule has 0 spiro atoms. The van der Waals surface area contributed by atoms with E-state index in [2.05, 4.69) is 0 Å². The molecule has 0 bridgehead atoms. The normalized spacial score (nSPS) is 11.4. The number of carbonyl (C=O) groups excluding carboxylic acids is 3. The minimum Gasteiger partial charge on any atom is -0.344 e. The molecule has 284 valence electrons. The van der Waals surface area contributed by atoms with Gasteiger partial charge in [-0.2, -0.15) is 8.78 Å². The Labute approximate surface area is 313 Å². The summed E-state index contributed by atoms with van der Waals surface area (Å²) < 4.78 is 103. The quantitative estimate of drug-likeness (QED) is 0.123. The minimum absolute atomic E-state index is 0.0384. The van der Waals surface area contributed by atoms with Crippen LogP contribution in [0.5, 0.6) is 0 Å². The Morgan fingerprint density at radius 2 is 1.09 bits per heavy atom. The molecule has 4 aromatic carbocycles. The Morgan fingerprint density at radius 1 is 0.698 bits per heavy atom. The van der Waals surface area contributed by atoms with E-state index in [9.17, 15) is 48.8 Å². The number of Topliss-reactive ketones (excluding diaryl/α,β-unsaturated/α-hetero) is 2. The van der Waals surface area contributed by atoms with Crippen molar-refractivity contribution in [3.05, 3.63) is 129 Å². The number of carbonyl (C=O) groups is 3. The maximum atomic E-state index is 14.5. The van der Waals surface area contributed by atoms with E-state index >= 15 is 0 Å². The zero-order chi connectivity index (χ0) is 39.7. The molecular formula is C34H32Cl2F4N4O7S2. The van der Waals surface area contributed by atoms with Crippen molar-refractivity contribution in [2.75, 3.05) is 34.2 Å². The van der Waals surface area contributed by atoms with Crippen molar-refractivity contribution in [2.24, 2.45) is 5.73 Å². The summed E-state index contributed by atoms with van der Waals surface area (Å²) in [6.07, 6.45) is -1.31. The van der Waals surface area contributed by atoms with Gasteiger partial charge in [-0.25, -0.2) is 25.6 Å². The number of alkyl halides is 2. The Bertz CT molecular complexity index is 2210. The molecule has 19 heteroatoms. The lowest BCUT2D eigenvalue weighted by Gasteiger charge is -2.23. The number of amides is 1. The number of rotatable bonds is 14. The molecule has 1 amide bonds. The standard InChI is InChI=1S/C18H16ClF3N2O4S.C16H16ClFN2O3S/c1-29(27,28)24(15-5-3-2-4-13(15)19)10-12-7-6-11(8-14(12)20)16(25)9-23-18(26)17(21)22;1-24(22,23)20(15-5-3-2-4-13(15)17)10-12-7-6-11(8-14(12)18)16(21)9-19/h2-8,17H,9-10H2,1H3,(H,23,26);2-8H,9-10,19H2,1H3. The van der Waals surface area contributed by atoms with Gasteiger partial charge in [-0.15, -0.1) is 0 Å². The zero-order valence-corrected chi connectivity index (χ0v) is 31.0. The molecule has 4 rings (SSSR count). The van der Waals surface area contributed by atoms with Gasteiger partial charge >= 0.3 is 6.43 Å². The highest BCUT2D eigenvalue weighted by Crippen LogP contribution is 2.30. The predicted octanol–water partition coefficient (Wildman–Crippen LogP) is 5.60. The molecule has 4 aromatic rings. The van der Waals surface area contributed by atoms with Gasteiger partial charge in [-0.3, -0.25) is 23.0 Å². The third-order valence-electron chi connectivity index (χ3n) is 7.23. The lowest BCUT2D eigenvalue weighted by Crippen LogP contribution is -2.34. The van der Waals surface area contributed by atoms with E-state index in [1.807, 2.05) is 0 Å². The van der Waals surface area contributed by atoms with E-state index in [1.165, 1.54) is 42.5 Å². The second-order valence-electron chi connectivity index (χ2n) is 11.1. The van der Waals surface area contributed by atoms with E-state index in [4.69, 9.17) is 28.9 Å². The average molecular weight is 820 g/mol. The molecule has 0 radical (unpaired) electrons. The molecule has 0 saturated carbocycles. The van der Waals surface area contributed by atoms with Crippen LogP contribution in [-0.4, -0.2) is 66.3 Å². The highest BCUT2D eigenvalue weighted by Gasteiger charge is 2.24. The van der Waals surface area contributed by atoms with Crippen molar-refractivity contribution in [2.45, 2.75) is 19.5 Å². The van der Waals surface area contributed by atoms with E-state index in [1.54, 1.807) is 35.6 Å². The van der Waals surface area contributed by atoms with Crippen LogP contribution >= 0.6 is 23.2 Å². The molecule has 0 aliphatic carbocycles. The number of hydrogen-bond acceptors (Lipinski definition) is 8. The first kappa shape index (κ1) is 42.9.